The second kappa shape index (κ2) is 4.02. The summed E-state index contributed by atoms with van der Waals surface area (Å²) in [5.41, 5.74) is 0. The largest absolute Gasteiger partial charge is 0.462 e. The van der Waals surface area contributed by atoms with E-state index in [1.807, 2.05) is 0 Å². The van der Waals surface area contributed by atoms with Crippen molar-refractivity contribution in [1.82, 2.24) is 0 Å². The second-order valence-corrected chi connectivity index (χ2v) is 9.79. The van der Waals surface area contributed by atoms with Gasteiger partial charge in [-0.05, 0) is 74.0 Å². The van der Waals surface area contributed by atoms with Gasteiger partial charge in [0.25, 0.3) is 0 Å². The monoisotopic (exact) mass is 328 g/mol. The number of hydrogen-bond donors (Lipinski definition) is 0. The molecule has 7 aliphatic rings. The Morgan fingerprint density at radius 1 is 0.625 bits per heavy atom. The third kappa shape index (κ3) is 1.27. The van der Waals surface area contributed by atoms with Gasteiger partial charge in [0, 0.05) is 11.8 Å². The van der Waals surface area contributed by atoms with Crippen LogP contribution in [0.2, 0.25) is 0 Å². The van der Waals surface area contributed by atoms with Crippen molar-refractivity contribution in [3.63, 3.8) is 0 Å². The smallest absolute Gasteiger partial charge is 0.310 e. The van der Waals surface area contributed by atoms with Crippen LogP contribution in [0.5, 0.6) is 0 Å². The predicted octanol–water partition coefficient (Wildman–Crippen LogP) is 2.41. The molecule has 5 saturated carbocycles. The third-order valence-electron chi connectivity index (χ3n) is 9.46. The average Bonchev–Trinajstić information content (AvgIpc) is 3.27. The highest BCUT2D eigenvalue weighted by Crippen LogP contribution is 2.71. The van der Waals surface area contributed by atoms with Crippen LogP contribution in [0, 0.1) is 59.2 Å². The summed E-state index contributed by atoms with van der Waals surface area (Å²) >= 11 is 0. The SMILES string of the molecule is O=C1O[C@H]2CC[C@H]3C[C@H]4[C@H]5C[C@H]6CC[C@H]7OC(=O)[C@H]([C@@H]1[C@@H]4[C@@H]32)[C@@H]5[C@@H]67. The Morgan fingerprint density at radius 2 is 1.08 bits per heavy atom. The molecule has 24 heavy (non-hydrogen) atoms. The number of fused-ring (bicyclic) bond motifs is 2. The van der Waals surface area contributed by atoms with Gasteiger partial charge in [0.2, 0.25) is 0 Å². The van der Waals surface area contributed by atoms with Crippen LogP contribution in [0.4, 0.5) is 0 Å². The molecule has 0 amide bonds. The Kier molecular flexibility index (Phi) is 2.21. The van der Waals surface area contributed by atoms with Crippen molar-refractivity contribution in [1.29, 1.82) is 0 Å². The summed E-state index contributed by atoms with van der Waals surface area (Å²) in [6.45, 7) is 0. The highest BCUT2D eigenvalue weighted by Gasteiger charge is 2.72. The minimum atomic E-state index is -0.187. The van der Waals surface area contributed by atoms with Crippen molar-refractivity contribution < 1.29 is 19.1 Å². The highest BCUT2D eigenvalue weighted by atomic mass is 16.6. The lowest BCUT2D eigenvalue weighted by molar-refractivity contribution is -0.206. The third-order valence-corrected chi connectivity index (χ3v) is 9.46. The van der Waals surface area contributed by atoms with Crippen molar-refractivity contribution in [2.45, 2.75) is 50.7 Å². The molecule has 0 N–H and O–H groups in total. The fourth-order valence-corrected chi connectivity index (χ4v) is 9.14. The van der Waals surface area contributed by atoms with Crippen LogP contribution in [-0.4, -0.2) is 24.1 Å². The summed E-state index contributed by atoms with van der Waals surface area (Å²) in [7, 11) is 0. The highest BCUT2D eigenvalue weighted by molar-refractivity contribution is 5.84. The molecule has 0 aromatic heterocycles. The Hall–Kier alpha value is -1.06. The van der Waals surface area contributed by atoms with Crippen molar-refractivity contribution in [2.75, 3.05) is 0 Å². The maximum Gasteiger partial charge on any atom is 0.310 e. The number of carbonyl (C=O) groups is 2. The summed E-state index contributed by atoms with van der Waals surface area (Å²) < 4.78 is 11.8. The van der Waals surface area contributed by atoms with Crippen LogP contribution >= 0.6 is 0 Å². The molecule has 0 radical (unpaired) electrons. The lowest BCUT2D eigenvalue weighted by Crippen LogP contribution is -2.59. The van der Waals surface area contributed by atoms with E-state index in [-0.39, 0.29) is 36.0 Å². The summed E-state index contributed by atoms with van der Waals surface area (Å²) in [6, 6.07) is 0. The molecule has 2 aliphatic heterocycles. The normalized spacial score (nSPS) is 64.5. The van der Waals surface area contributed by atoms with Gasteiger partial charge >= 0.3 is 11.9 Å². The number of rotatable bonds is 0. The fraction of sp³-hybridized carbons (Fsp3) is 0.900. The van der Waals surface area contributed by atoms with E-state index in [1.165, 1.54) is 25.7 Å². The van der Waals surface area contributed by atoms with Gasteiger partial charge in [-0.2, -0.15) is 0 Å². The van der Waals surface area contributed by atoms with Crippen LogP contribution in [0.3, 0.4) is 0 Å². The zero-order chi connectivity index (χ0) is 15.7. The number of esters is 2. The molecule has 0 spiro atoms. The van der Waals surface area contributed by atoms with Gasteiger partial charge < -0.3 is 9.47 Å². The van der Waals surface area contributed by atoms with Crippen LogP contribution in [0.1, 0.15) is 38.5 Å². The van der Waals surface area contributed by atoms with E-state index < -0.39 is 0 Å². The van der Waals surface area contributed by atoms with E-state index in [0.29, 0.717) is 35.5 Å². The van der Waals surface area contributed by atoms with Crippen molar-refractivity contribution >= 4 is 11.9 Å². The summed E-state index contributed by atoms with van der Waals surface area (Å²) in [5.74, 6) is 4.27. The predicted molar refractivity (Wildman–Crippen MR) is 82.4 cm³/mol. The van der Waals surface area contributed by atoms with E-state index in [1.54, 1.807) is 0 Å². The van der Waals surface area contributed by atoms with Crippen LogP contribution in [0.15, 0.2) is 0 Å². The summed E-state index contributed by atoms with van der Waals surface area (Å²) in [6.07, 6.45) is 7.45. The van der Waals surface area contributed by atoms with Crippen molar-refractivity contribution in [3.8, 4) is 0 Å². The molecule has 2 saturated heterocycles. The first-order valence-corrected chi connectivity index (χ1v) is 10.1. The van der Waals surface area contributed by atoms with Gasteiger partial charge in [-0.1, -0.05) is 0 Å². The Bertz CT molecular complexity index is 602. The summed E-state index contributed by atoms with van der Waals surface area (Å²) in [5, 5.41) is 0. The standard InChI is InChI=1S/C20H24O4/c21-19-17-15-9(5-7-1-3-11(23-19)13(7)15)10-6-8-2-4-12-14(8)16(10)18(17)20(22)24-12/h7-18H,1-6H2/t7-,8+,9-,10+,11-,12+,13-,14-,15-,16-,17-,18-/m0/s1. The Labute approximate surface area is 141 Å². The van der Waals surface area contributed by atoms with Crippen LogP contribution < -0.4 is 0 Å². The van der Waals surface area contributed by atoms with E-state index in [0.717, 1.165) is 24.7 Å². The minimum Gasteiger partial charge on any atom is -0.462 e. The van der Waals surface area contributed by atoms with Crippen molar-refractivity contribution in [2.24, 2.45) is 59.2 Å². The maximum absolute atomic E-state index is 12.9. The average molecular weight is 328 g/mol. The molecule has 0 aromatic carbocycles. The quantitative estimate of drug-likeness (QED) is 0.641. The molecule has 0 aromatic rings. The molecular formula is C20H24O4. The van der Waals surface area contributed by atoms with Crippen LogP contribution in [0.25, 0.3) is 0 Å². The van der Waals surface area contributed by atoms with Gasteiger partial charge in [-0.25, -0.2) is 0 Å². The molecule has 7 rings (SSSR count). The van der Waals surface area contributed by atoms with Gasteiger partial charge in [-0.15, -0.1) is 0 Å². The lowest BCUT2D eigenvalue weighted by Gasteiger charge is -2.53. The first-order chi connectivity index (χ1) is 11.7. The maximum atomic E-state index is 12.9. The van der Waals surface area contributed by atoms with Gasteiger partial charge in [0.1, 0.15) is 12.2 Å². The number of carbonyl (C=O) groups excluding carboxylic acids is 2. The lowest BCUT2D eigenvalue weighted by atomic mass is 9.54. The van der Waals surface area contributed by atoms with E-state index in [4.69, 9.17) is 9.47 Å². The van der Waals surface area contributed by atoms with E-state index >= 15 is 0 Å². The molecule has 0 unspecified atom stereocenters. The Morgan fingerprint density at radius 3 is 1.54 bits per heavy atom. The van der Waals surface area contributed by atoms with Crippen molar-refractivity contribution in [3.05, 3.63) is 0 Å². The minimum absolute atomic E-state index is 0.0610. The zero-order valence-corrected chi connectivity index (χ0v) is 13.8. The molecule has 4 nitrogen and oxygen atoms in total. The Balaban J connectivity index is 1.40. The molecule has 128 valence electrons. The topological polar surface area (TPSA) is 52.6 Å². The van der Waals surface area contributed by atoms with E-state index in [9.17, 15) is 9.59 Å². The van der Waals surface area contributed by atoms with Crippen LogP contribution in [-0.2, 0) is 19.1 Å². The molecule has 4 heteroatoms. The zero-order valence-electron chi connectivity index (χ0n) is 13.8. The molecule has 12 atom stereocenters. The molecule has 5 aliphatic carbocycles. The molecular weight excluding hydrogens is 304 g/mol. The first-order valence-electron chi connectivity index (χ1n) is 10.1. The van der Waals surface area contributed by atoms with Gasteiger partial charge in [-0.3, -0.25) is 9.59 Å². The number of hydrogen-bond acceptors (Lipinski definition) is 4. The molecule has 0 bridgehead atoms. The summed E-state index contributed by atoms with van der Waals surface area (Å²) in [4.78, 5) is 25.8. The second-order valence-electron chi connectivity index (χ2n) is 9.79. The van der Waals surface area contributed by atoms with E-state index in [2.05, 4.69) is 0 Å². The van der Waals surface area contributed by atoms with Gasteiger partial charge in [0.05, 0.1) is 11.8 Å². The molecule has 2 heterocycles. The van der Waals surface area contributed by atoms with Gasteiger partial charge in [0.15, 0.2) is 0 Å². The number of ether oxygens (including phenoxy) is 2. The molecule has 7 fully saturated rings. The first kappa shape index (κ1) is 13.2. The fourth-order valence-electron chi connectivity index (χ4n) is 9.14.